The minimum atomic E-state index is -0.230. The zero-order valence-corrected chi connectivity index (χ0v) is 8.32. The number of rotatable bonds is 1. The number of fused-ring (bicyclic) bond motifs is 1. The average Bonchev–Trinajstić information content (AvgIpc) is 2.29. The average molecular weight is 201 g/mol. The molecule has 1 heterocycles. The zero-order chi connectivity index (χ0) is 10.7. The maximum Gasteiger partial charge on any atom is 0.318 e. The van der Waals surface area contributed by atoms with E-state index in [0.29, 0.717) is 0 Å². The van der Waals surface area contributed by atoms with Crippen molar-refractivity contribution in [3.63, 3.8) is 0 Å². The molecule has 0 aliphatic carbocycles. The number of urea groups is 1. The highest BCUT2D eigenvalue weighted by Crippen LogP contribution is 2.20. The molecule has 0 saturated heterocycles. The summed E-state index contributed by atoms with van der Waals surface area (Å²) in [6.45, 7) is 0. The van der Waals surface area contributed by atoms with E-state index in [1.807, 2.05) is 24.3 Å². The molecule has 0 aliphatic heterocycles. The second kappa shape index (κ2) is 3.96. The fourth-order valence-corrected chi connectivity index (χ4v) is 1.39. The van der Waals surface area contributed by atoms with Crippen molar-refractivity contribution in [1.29, 1.82) is 0 Å². The van der Waals surface area contributed by atoms with Crippen LogP contribution in [0, 0.1) is 0 Å². The smallest absolute Gasteiger partial charge is 0.318 e. The minimum Gasteiger partial charge on any atom is -0.341 e. The lowest BCUT2D eigenvalue weighted by molar-refractivity contribution is 0.254. The van der Waals surface area contributed by atoms with E-state index in [1.165, 1.54) is 0 Å². The van der Waals surface area contributed by atoms with Gasteiger partial charge in [0.15, 0.2) is 0 Å². The topological polar surface area (TPSA) is 54.0 Å². The molecule has 4 nitrogen and oxygen atoms in total. The van der Waals surface area contributed by atoms with Gasteiger partial charge in [0.1, 0.15) is 0 Å². The van der Waals surface area contributed by atoms with Crippen molar-refractivity contribution >= 4 is 22.6 Å². The van der Waals surface area contributed by atoms with Crippen LogP contribution in [0.15, 0.2) is 36.5 Å². The number of carbonyl (C=O) groups excluding carboxylic acids is 1. The molecule has 0 saturated carbocycles. The zero-order valence-electron chi connectivity index (χ0n) is 8.32. The Morgan fingerprint density at radius 1 is 1.27 bits per heavy atom. The van der Waals surface area contributed by atoms with Gasteiger partial charge in [-0.05, 0) is 12.1 Å². The SMILES string of the molecule is CNC(=O)Nc1ccnc2ccccc12. The van der Waals surface area contributed by atoms with E-state index < -0.39 is 0 Å². The number of para-hydroxylation sites is 1. The number of pyridine rings is 1. The molecule has 15 heavy (non-hydrogen) atoms. The van der Waals surface area contributed by atoms with E-state index in [-0.39, 0.29) is 6.03 Å². The number of benzene rings is 1. The second-order valence-electron chi connectivity index (χ2n) is 3.08. The quantitative estimate of drug-likeness (QED) is 0.741. The van der Waals surface area contributed by atoms with E-state index in [9.17, 15) is 4.79 Å². The molecule has 1 aromatic carbocycles. The minimum absolute atomic E-state index is 0.230. The molecule has 2 rings (SSSR count). The first kappa shape index (κ1) is 9.45. The number of hydrogen-bond acceptors (Lipinski definition) is 2. The molecule has 1 aromatic heterocycles. The number of amides is 2. The third kappa shape index (κ3) is 1.88. The molecule has 2 aromatic rings. The Morgan fingerprint density at radius 3 is 2.87 bits per heavy atom. The lowest BCUT2D eigenvalue weighted by atomic mass is 10.2. The molecule has 2 amide bonds. The normalized spacial score (nSPS) is 9.93. The van der Waals surface area contributed by atoms with Crippen molar-refractivity contribution < 1.29 is 4.79 Å². The summed E-state index contributed by atoms with van der Waals surface area (Å²) in [6, 6.07) is 9.21. The van der Waals surface area contributed by atoms with Gasteiger partial charge >= 0.3 is 6.03 Å². The van der Waals surface area contributed by atoms with Gasteiger partial charge in [0.2, 0.25) is 0 Å². The molecular weight excluding hydrogens is 190 g/mol. The lowest BCUT2D eigenvalue weighted by Gasteiger charge is -2.06. The number of anilines is 1. The number of carbonyl (C=O) groups is 1. The first-order valence-electron chi connectivity index (χ1n) is 4.64. The summed E-state index contributed by atoms with van der Waals surface area (Å²) in [5.74, 6) is 0. The number of aromatic nitrogens is 1. The van der Waals surface area contributed by atoms with Gasteiger partial charge in [-0.25, -0.2) is 4.79 Å². The predicted octanol–water partition coefficient (Wildman–Crippen LogP) is 1.99. The fourth-order valence-electron chi connectivity index (χ4n) is 1.39. The number of nitrogens with one attached hydrogen (secondary N) is 2. The Balaban J connectivity index is 2.46. The molecule has 76 valence electrons. The molecule has 0 bridgehead atoms. The van der Waals surface area contributed by atoms with Crippen LogP contribution in [0.1, 0.15) is 0 Å². The van der Waals surface area contributed by atoms with Crippen molar-refractivity contribution in [3.05, 3.63) is 36.5 Å². The highest BCUT2D eigenvalue weighted by Gasteiger charge is 2.03. The van der Waals surface area contributed by atoms with Gasteiger partial charge in [-0.3, -0.25) is 4.98 Å². The van der Waals surface area contributed by atoms with Gasteiger partial charge in [0, 0.05) is 18.6 Å². The second-order valence-corrected chi connectivity index (χ2v) is 3.08. The molecule has 2 N–H and O–H groups in total. The van der Waals surface area contributed by atoms with E-state index in [0.717, 1.165) is 16.6 Å². The number of hydrogen-bond donors (Lipinski definition) is 2. The summed E-state index contributed by atoms with van der Waals surface area (Å²) in [5.41, 5.74) is 1.63. The molecule has 0 spiro atoms. The van der Waals surface area contributed by atoms with E-state index in [2.05, 4.69) is 15.6 Å². The lowest BCUT2D eigenvalue weighted by Crippen LogP contribution is -2.24. The van der Waals surface area contributed by atoms with Crippen molar-refractivity contribution in [3.8, 4) is 0 Å². The van der Waals surface area contributed by atoms with Crippen LogP contribution in [0.4, 0.5) is 10.5 Å². The van der Waals surface area contributed by atoms with Crippen LogP contribution in [-0.4, -0.2) is 18.1 Å². The Hall–Kier alpha value is -2.10. The van der Waals surface area contributed by atoms with Crippen molar-refractivity contribution in [2.45, 2.75) is 0 Å². The molecule has 0 radical (unpaired) electrons. The van der Waals surface area contributed by atoms with Gasteiger partial charge in [0.05, 0.1) is 11.2 Å². The van der Waals surface area contributed by atoms with Gasteiger partial charge in [0.25, 0.3) is 0 Å². The van der Waals surface area contributed by atoms with Crippen LogP contribution >= 0.6 is 0 Å². The van der Waals surface area contributed by atoms with Crippen LogP contribution in [0.5, 0.6) is 0 Å². The molecule has 0 aliphatic rings. The summed E-state index contributed by atoms with van der Waals surface area (Å²) >= 11 is 0. The third-order valence-electron chi connectivity index (χ3n) is 2.12. The Bertz CT molecular complexity index is 491. The summed E-state index contributed by atoms with van der Waals surface area (Å²) in [4.78, 5) is 15.4. The van der Waals surface area contributed by atoms with Crippen molar-refractivity contribution in [1.82, 2.24) is 10.3 Å². The van der Waals surface area contributed by atoms with Crippen molar-refractivity contribution in [2.24, 2.45) is 0 Å². The summed E-state index contributed by atoms with van der Waals surface area (Å²) in [5, 5.41) is 6.19. The van der Waals surface area contributed by atoms with Crippen LogP contribution < -0.4 is 10.6 Å². The summed E-state index contributed by atoms with van der Waals surface area (Å²) < 4.78 is 0. The standard InChI is InChI=1S/C11H11N3O/c1-12-11(15)14-10-6-7-13-9-5-3-2-4-8(9)10/h2-7H,1H3,(H2,12,13,14,15). The van der Waals surface area contributed by atoms with Crippen LogP contribution in [0.3, 0.4) is 0 Å². The Labute approximate surface area is 87.3 Å². The largest absolute Gasteiger partial charge is 0.341 e. The predicted molar refractivity (Wildman–Crippen MR) is 59.8 cm³/mol. The molecule has 0 atom stereocenters. The van der Waals surface area contributed by atoms with E-state index in [4.69, 9.17) is 0 Å². The van der Waals surface area contributed by atoms with Gasteiger partial charge < -0.3 is 10.6 Å². The summed E-state index contributed by atoms with van der Waals surface area (Å²) in [6.07, 6.45) is 1.67. The van der Waals surface area contributed by atoms with Gasteiger partial charge in [-0.2, -0.15) is 0 Å². The monoisotopic (exact) mass is 201 g/mol. The first-order chi connectivity index (χ1) is 7.31. The Kier molecular flexibility index (Phi) is 2.49. The van der Waals surface area contributed by atoms with Crippen LogP contribution in [0.25, 0.3) is 10.9 Å². The van der Waals surface area contributed by atoms with Crippen LogP contribution in [-0.2, 0) is 0 Å². The highest BCUT2D eigenvalue weighted by atomic mass is 16.2. The highest BCUT2D eigenvalue weighted by molar-refractivity contribution is 5.99. The first-order valence-corrected chi connectivity index (χ1v) is 4.64. The summed E-state index contributed by atoms with van der Waals surface area (Å²) in [7, 11) is 1.58. The van der Waals surface area contributed by atoms with Crippen molar-refractivity contribution in [2.75, 3.05) is 12.4 Å². The Morgan fingerprint density at radius 2 is 2.07 bits per heavy atom. The van der Waals surface area contributed by atoms with E-state index in [1.54, 1.807) is 19.3 Å². The molecular formula is C11H11N3O. The van der Waals surface area contributed by atoms with Gasteiger partial charge in [-0.15, -0.1) is 0 Å². The molecule has 0 unspecified atom stereocenters. The maximum atomic E-state index is 11.2. The maximum absolute atomic E-state index is 11.2. The van der Waals surface area contributed by atoms with E-state index >= 15 is 0 Å². The molecule has 0 fully saturated rings. The van der Waals surface area contributed by atoms with Gasteiger partial charge in [-0.1, -0.05) is 18.2 Å². The number of nitrogens with zero attached hydrogens (tertiary/aromatic N) is 1. The molecule has 4 heteroatoms. The fraction of sp³-hybridized carbons (Fsp3) is 0.0909. The third-order valence-corrected chi connectivity index (χ3v) is 2.12. The van der Waals surface area contributed by atoms with Crippen LogP contribution in [0.2, 0.25) is 0 Å².